The van der Waals surface area contributed by atoms with Crippen LogP contribution in [-0.2, 0) is 0 Å². The molecule has 0 aromatic rings. The van der Waals surface area contributed by atoms with Gasteiger partial charge in [-0.1, -0.05) is 152 Å². The molecule has 0 radical (unpaired) electrons. The molecule has 0 unspecified atom stereocenters. The van der Waals surface area contributed by atoms with Crippen molar-refractivity contribution in [1.82, 2.24) is 0 Å². The fourth-order valence-electron chi connectivity index (χ4n) is 3.60. The van der Waals surface area contributed by atoms with Crippen LogP contribution in [0.5, 0.6) is 0 Å². The van der Waals surface area contributed by atoms with Gasteiger partial charge in [0.1, 0.15) is 0 Å². The molecule has 0 aromatic carbocycles. The van der Waals surface area contributed by atoms with Crippen molar-refractivity contribution in [3.05, 3.63) is 7.66 Å². The molecular weight excluding hydrogens is 542 g/mol. The maximum Gasteiger partial charge on any atom is -0.00335 e. The van der Waals surface area contributed by atoms with Crippen molar-refractivity contribution in [3.8, 4) is 0 Å². The Balaban J connectivity index is 3.01. The summed E-state index contributed by atoms with van der Waals surface area (Å²) in [5, 5.41) is 0. The molecule has 0 aliphatic heterocycles. The summed E-state index contributed by atoms with van der Waals surface area (Å²) in [6.07, 6.45) is 30.6. The molecule has 0 aromatic heterocycles. The predicted molar refractivity (Wildman–Crippen MR) is 139 cm³/mol. The van der Waals surface area contributed by atoms with Crippen LogP contribution >= 0.6 is 45.2 Å². The topological polar surface area (TPSA) is 0 Å². The standard InChI is InChI=1S/C24H46I2/c1-2-3-4-5-6-7-8-9-10-11-12-13-14-15-16-17-18-19-20-21-22-24(26)23-25/h23H,2-22H2,1H3. The van der Waals surface area contributed by atoms with Crippen molar-refractivity contribution in [2.45, 2.75) is 142 Å². The molecule has 0 aliphatic carbocycles. The van der Waals surface area contributed by atoms with Gasteiger partial charge in [0, 0.05) is 0 Å². The van der Waals surface area contributed by atoms with Crippen LogP contribution in [0.1, 0.15) is 142 Å². The Morgan fingerprint density at radius 2 is 0.769 bits per heavy atom. The molecule has 0 N–H and O–H groups in total. The molecule has 0 saturated carbocycles. The summed E-state index contributed by atoms with van der Waals surface area (Å²) in [7, 11) is 0. The molecule has 0 fully saturated rings. The third-order valence-corrected chi connectivity index (χ3v) is 8.18. The summed E-state index contributed by atoms with van der Waals surface area (Å²) < 4.78 is 3.74. The fourth-order valence-corrected chi connectivity index (χ4v) is 4.30. The van der Waals surface area contributed by atoms with Gasteiger partial charge in [-0.15, -0.1) is 0 Å². The van der Waals surface area contributed by atoms with E-state index in [0.717, 1.165) is 0 Å². The molecule has 0 heterocycles. The number of halogens is 2. The minimum Gasteiger partial charge on any atom is -0.0654 e. The first kappa shape index (κ1) is 27.2. The Morgan fingerprint density at radius 1 is 0.500 bits per heavy atom. The molecular formula is C24H46I2. The molecule has 0 nitrogen and oxygen atoms in total. The summed E-state index contributed by atoms with van der Waals surface area (Å²) in [6, 6.07) is 0. The van der Waals surface area contributed by atoms with Crippen molar-refractivity contribution >= 4 is 45.2 Å². The lowest BCUT2D eigenvalue weighted by Gasteiger charge is -2.04. The third-order valence-electron chi connectivity index (χ3n) is 5.39. The Hall–Kier alpha value is 1.20. The van der Waals surface area contributed by atoms with Gasteiger partial charge in [0.2, 0.25) is 0 Å². The zero-order chi connectivity index (χ0) is 19.1. The van der Waals surface area contributed by atoms with Gasteiger partial charge in [-0.25, -0.2) is 0 Å². The van der Waals surface area contributed by atoms with Crippen LogP contribution in [0, 0.1) is 0 Å². The summed E-state index contributed by atoms with van der Waals surface area (Å²) in [6.45, 7) is 2.30. The van der Waals surface area contributed by atoms with Gasteiger partial charge >= 0.3 is 0 Å². The van der Waals surface area contributed by atoms with Crippen molar-refractivity contribution in [3.63, 3.8) is 0 Å². The first-order valence-electron chi connectivity index (χ1n) is 11.8. The van der Waals surface area contributed by atoms with E-state index in [1.807, 2.05) is 0 Å². The van der Waals surface area contributed by atoms with Gasteiger partial charge in [0.05, 0.1) is 0 Å². The van der Waals surface area contributed by atoms with Crippen molar-refractivity contribution in [2.24, 2.45) is 0 Å². The average Bonchev–Trinajstić information content (AvgIpc) is 2.66. The molecule has 2 heteroatoms. The monoisotopic (exact) mass is 588 g/mol. The molecule has 0 bridgehead atoms. The van der Waals surface area contributed by atoms with Crippen LogP contribution in [0.3, 0.4) is 0 Å². The van der Waals surface area contributed by atoms with Crippen LogP contribution in [0.4, 0.5) is 0 Å². The van der Waals surface area contributed by atoms with Crippen molar-refractivity contribution in [2.75, 3.05) is 0 Å². The van der Waals surface area contributed by atoms with Crippen LogP contribution in [0.15, 0.2) is 7.66 Å². The van der Waals surface area contributed by atoms with E-state index in [-0.39, 0.29) is 0 Å². The number of hydrogen-bond acceptors (Lipinski definition) is 0. The first-order chi connectivity index (χ1) is 12.8. The molecule has 0 aliphatic rings. The molecule has 0 atom stereocenters. The van der Waals surface area contributed by atoms with Crippen LogP contribution in [0.2, 0.25) is 0 Å². The zero-order valence-electron chi connectivity index (χ0n) is 17.7. The highest BCUT2D eigenvalue weighted by Gasteiger charge is 1.96. The SMILES string of the molecule is CCCCCCCCCCCCCCCCCCCCCCC(I)=CI. The van der Waals surface area contributed by atoms with Gasteiger partial charge in [-0.2, -0.15) is 0 Å². The Bertz CT molecular complexity index is 286. The summed E-state index contributed by atoms with van der Waals surface area (Å²) in [4.78, 5) is 0. The highest BCUT2D eigenvalue weighted by Crippen LogP contribution is 2.19. The van der Waals surface area contributed by atoms with Gasteiger partial charge in [0.15, 0.2) is 0 Å². The molecule has 0 saturated heterocycles. The van der Waals surface area contributed by atoms with Crippen LogP contribution in [-0.4, -0.2) is 0 Å². The Labute approximate surface area is 193 Å². The van der Waals surface area contributed by atoms with Crippen molar-refractivity contribution < 1.29 is 0 Å². The van der Waals surface area contributed by atoms with E-state index in [4.69, 9.17) is 0 Å². The molecule has 26 heavy (non-hydrogen) atoms. The van der Waals surface area contributed by atoms with E-state index in [0.29, 0.717) is 0 Å². The van der Waals surface area contributed by atoms with E-state index >= 15 is 0 Å². The average molecular weight is 588 g/mol. The van der Waals surface area contributed by atoms with E-state index in [9.17, 15) is 0 Å². The van der Waals surface area contributed by atoms with Gasteiger partial charge in [-0.05, 0) is 43.1 Å². The zero-order valence-corrected chi connectivity index (χ0v) is 22.0. The summed E-state index contributed by atoms with van der Waals surface area (Å²) >= 11 is 4.82. The van der Waals surface area contributed by atoms with E-state index in [1.54, 1.807) is 0 Å². The molecule has 0 rings (SSSR count). The highest BCUT2D eigenvalue weighted by molar-refractivity contribution is 14.1. The smallest absolute Gasteiger partial charge is 0.00335 e. The minimum atomic E-state index is 1.29. The lowest BCUT2D eigenvalue weighted by Crippen LogP contribution is -1.84. The number of allylic oxidation sites excluding steroid dienone is 1. The number of hydrogen-bond donors (Lipinski definition) is 0. The maximum atomic E-state index is 2.47. The van der Waals surface area contributed by atoms with Crippen molar-refractivity contribution in [1.29, 1.82) is 0 Å². The van der Waals surface area contributed by atoms with E-state index in [1.165, 1.54) is 138 Å². The van der Waals surface area contributed by atoms with Gasteiger partial charge in [-0.3, -0.25) is 0 Å². The fraction of sp³-hybridized carbons (Fsp3) is 0.917. The lowest BCUT2D eigenvalue weighted by atomic mass is 10.0. The second-order valence-electron chi connectivity index (χ2n) is 8.02. The third kappa shape index (κ3) is 23.2. The predicted octanol–water partition coefficient (Wildman–Crippen LogP) is 10.9. The van der Waals surface area contributed by atoms with E-state index in [2.05, 4.69) is 56.2 Å². The Morgan fingerprint density at radius 3 is 1.04 bits per heavy atom. The second-order valence-corrected chi connectivity index (χ2v) is 10.0. The lowest BCUT2D eigenvalue weighted by molar-refractivity contribution is 0.522. The quantitative estimate of drug-likeness (QED) is 0.0925. The van der Waals surface area contributed by atoms with Gasteiger partial charge < -0.3 is 0 Å². The van der Waals surface area contributed by atoms with E-state index < -0.39 is 0 Å². The first-order valence-corrected chi connectivity index (χ1v) is 14.1. The molecule has 0 amide bonds. The minimum absolute atomic E-state index is 1.29. The maximum absolute atomic E-state index is 2.47. The van der Waals surface area contributed by atoms with Gasteiger partial charge in [0.25, 0.3) is 0 Å². The van der Waals surface area contributed by atoms with Crippen LogP contribution < -0.4 is 0 Å². The molecule has 156 valence electrons. The Kier molecular flexibility index (Phi) is 25.4. The number of rotatable bonds is 21. The summed E-state index contributed by atoms with van der Waals surface area (Å²) in [5.41, 5.74) is 0. The molecule has 0 spiro atoms. The highest BCUT2D eigenvalue weighted by atomic mass is 127. The summed E-state index contributed by atoms with van der Waals surface area (Å²) in [5.74, 6) is 0. The van der Waals surface area contributed by atoms with Crippen LogP contribution in [0.25, 0.3) is 0 Å². The second kappa shape index (κ2) is 24.2. The largest absolute Gasteiger partial charge is 0.0654 e. The normalized spacial score (nSPS) is 12.0. The number of unbranched alkanes of at least 4 members (excludes halogenated alkanes) is 19.